The second-order valence-electron chi connectivity index (χ2n) is 3.45. The number of nitriles is 2. The van der Waals surface area contributed by atoms with Crippen molar-refractivity contribution in [2.24, 2.45) is 0 Å². The summed E-state index contributed by atoms with van der Waals surface area (Å²) in [6.45, 7) is 1.62. The van der Waals surface area contributed by atoms with Gasteiger partial charge in [0.1, 0.15) is 17.7 Å². The van der Waals surface area contributed by atoms with Crippen LogP contribution in [0.1, 0.15) is 11.1 Å². The third kappa shape index (κ3) is 3.26. The molecule has 0 unspecified atom stereocenters. The molecule has 0 amide bonds. The van der Waals surface area contributed by atoms with Crippen LogP contribution in [0.2, 0.25) is 0 Å². The largest absolute Gasteiger partial charge is 0.416 e. The summed E-state index contributed by atoms with van der Waals surface area (Å²) in [5.74, 6) is 0. The highest BCUT2D eigenvalue weighted by Gasteiger charge is 2.30. The fourth-order valence-corrected chi connectivity index (χ4v) is 1.19. The zero-order chi connectivity index (χ0) is 13.8. The maximum atomic E-state index is 12.5. The van der Waals surface area contributed by atoms with Gasteiger partial charge in [0, 0.05) is 11.9 Å². The van der Waals surface area contributed by atoms with Crippen molar-refractivity contribution in [3.05, 3.63) is 41.1 Å². The van der Waals surface area contributed by atoms with Gasteiger partial charge in [-0.1, -0.05) is 6.07 Å². The molecule has 92 valence electrons. The topological polar surface area (TPSA) is 59.6 Å². The van der Waals surface area contributed by atoms with Crippen LogP contribution in [-0.2, 0) is 6.18 Å². The number of benzene rings is 1. The fourth-order valence-electron chi connectivity index (χ4n) is 1.19. The second-order valence-corrected chi connectivity index (χ2v) is 3.45. The van der Waals surface area contributed by atoms with Gasteiger partial charge in [-0.05, 0) is 24.6 Å². The van der Waals surface area contributed by atoms with E-state index in [0.29, 0.717) is 5.56 Å². The summed E-state index contributed by atoms with van der Waals surface area (Å²) >= 11 is 0. The maximum absolute atomic E-state index is 12.5. The van der Waals surface area contributed by atoms with Gasteiger partial charge in [-0.3, -0.25) is 0 Å². The number of hydrogen-bond donors (Lipinski definition) is 1. The first kappa shape index (κ1) is 13.6. The summed E-state index contributed by atoms with van der Waals surface area (Å²) < 4.78 is 37.4. The molecule has 0 atom stereocenters. The molecule has 1 rings (SSSR count). The lowest BCUT2D eigenvalue weighted by Crippen LogP contribution is -2.06. The molecule has 18 heavy (non-hydrogen) atoms. The number of alkyl halides is 3. The normalized spacial score (nSPS) is 10.1. The fraction of sp³-hybridized carbons (Fsp3) is 0.167. The minimum absolute atomic E-state index is 0.202. The van der Waals surface area contributed by atoms with Gasteiger partial charge >= 0.3 is 6.18 Å². The van der Waals surface area contributed by atoms with Gasteiger partial charge in [0.15, 0.2) is 0 Å². The molecule has 0 aliphatic rings. The number of aryl methyl sites for hydroxylation is 1. The zero-order valence-corrected chi connectivity index (χ0v) is 9.34. The van der Waals surface area contributed by atoms with Crippen molar-refractivity contribution >= 4 is 5.69 Å². The Labute approximate surface area is 102 Å². The quantitative estimate of drug-likeness (QED) is 0.820. The number of allylic oxidation sites excluding steroid dienone is 1. The third-order valence-corrected chi connectivity index (χ3v) is 2.18. The summed E-state index contributed by atoms with van der Waals surface area (Å²) in [5.41, 5.74) is -0.228. The summed E-state index contributed by atoms with van der Waals surface area (Å²) in [7, 11) is 0. The van der Waals surface area contributed by atoms with Crippen molar-refractivity contribution in [1.82, 2.24) is 0 Å². The maximum Gasteiger partial charge on any atom is 0.416 e. The summed E-state index contributed by atoms with van der Waals surface area (Å²) in [6, 6.07) is 6.42. The first-order valence-electron chi connectivity index (χ1n) is 4.83. The number of nitrogens with one attached hydrogen (secondary N) is 1. The Kier molecular flexibility index (Phi) is 3.96. The van der Waals surface area contributed by atoms with Crippen molar-refractivity contribution in [3.8, 4) is 12.1 Å². The van der Waals surface area contributed by atoms with Crippen LogP contribution < -0.4 is 5.32 Å². The van der Waals surface area contributed by atoms with Crippen molar-refractivity contribution in [2.45, 2.75) is 13.1 Å². The Bertz CT molecular complexity index is 543. The van der Waals surface area contributed by atoms with E-state index in [9.17, 15) is 13.2 Å². The number of halogens is 3. The molecule has 0 aliphatic carbocycles. The molecule has 1 aromatic carbocycles. The summed E-state index contributed by atoms with van der Waals surface area (Å²) in [6.07, 6.45) is -3.36. The molecular weight excluding hydrogens is 243 g/mol. The number of rotatable bonds is 2. The number of anilines is 1. The van der Waals surface area contributed by atoms with Gasteiger partial charge < -0.3 is 5.32 Å². The van der Waals surface area contributed by atoms with Gasteiger partial charge in [0.05, 0.1) is 5.56 Å². The lowest BCUT2D eigenvalue weighted by atomic mass is 10.1. The molecule has 0 spiro atoms. The Morgan fingerprint density at radius 1 is 1.28 bits per heavy atom. The van der Waals surface area contributed by atoms with E-state index in [2.05, 4.69) is 5.32 Å². The van der Waals surface area contributed by atoms with E-state index < -0.39 is 11.7 Å². The van der Waals surface area contributed by atoms with Crippen LogP contribution in [-0.4, -0.2) is 0 Å². The van der Waals surface area contributed by atoms with Crippen molar-refractivity contribution < 1.29 is 13.2 Å². The summed E-state index contributed by atoms with van der Waals surface area (Å²) in [5, 5.41) is 19.5. The first-order chi connectivity index (χ1) is 8.38. The van der Waals surface area contributed by atoms with Gasteiger partial charge in [0.25, 0.3) is 0 Å². The van der Waals surface area contributed by atoms with E-state index in [0.717, 1.165) is 18.3 Å². The lowest BCUT2D eigenvalue weighted by Gasteiger charge is -2.11. The van der Waals surface area contributed by atoms with Gasteiger partial charge in [-0.2, -0.15) is 23.7 Å². The standard InChI is InChI=1S/C12H8F3N3/c1-8-2-3-10(12(13,14)15)4-11(8)18-7-9(5-16)6-17/h2-4,7,18H,1H3. The van der Waals surface area contributed by atoms with E-state index in [1.54, 1.807) is 19.1 Å². The predicted octanol–water partition coefficient (Wildman–Crippen LogP) is 3.36. The lowest BCUT2D eigenvalue weighted by molar-refractivity contribution is -0.137. The molecule has 0 bridgehead atoms. The molecule has 0 saturated heterocycles. The van der Waals surface area contributed by atoms with Crippen LogP contribution in [0, 0.1) is 29.6 Å². The van der Waals surface area contributed by atoms with Crippen LogP contribution in [0.25, 0.3) is 0 Å². The zero-order valence-electron chi connectivity index (χ0n) is 9.34. The Morgan fingerprint density at radius 2 is 1.89 bits per heavy atom. The van der Waals surface area contributed by atoms with Crippen LogP contribution >= 0.6 is 0 Å². The monoisotopic (exact) mass is 251 g/mol. The Balaban J connectivity index is 3.08. The van der Waals surface area contributed by atoms with E-state index in [-0.39, 0.29) is 11.3 Å². The molecule has 1 N–H and O–H groups in total. The number of hydrogen-bond acceptors (Lipinski definition) is 3. The third-order valence-electron chi connectivity index (χ3n) is 2.18. The number of nitrogens with zero attached hydrogens (tertiary/aromatic N) is 2. The van der Waals surface area contributed by atoms with E-state index in [4.69, 9.17) is 10.5 Å². The average molecular weight is 251 g/mol. The highest BCUT2D eigenvalue weighted by atomic mass is 19.4. The molecule has 0 aromatic heterocycles. The molecule has 0 aliphatic heterocycles. The molecule has 0 heterocycles. The summed E-state index contributed by atoms with van der Waals surface area (Å²) in [4.78, 5) is 0. The SMILES string of the molecule is Cc1ccc(C(F)(F)F)cc1NC=C(C#N)C#N. The second kappa shape index (κ2) is 5.24. The average Bonchev–Trinajstić information content (AvgIpc) is 2.31. The molecule has 3 nitrogen and oxygen atoms in total. The molecular formula is C12H8F3N3. The van der Waals surface area contributed by atoms with Gasteiger partial charge in [-0.15, -0.1) is 0 Å². The van der Waals surface area contributed by atoms with Crippen LogP contribution in [0.3, 0.4) is 0 Å². The molecule has 0 radical (unpaired) electrons. The molecule has 0 fully saturated rings. The highest BCUT2D eigenvalue weighted by Crippen LogP contribution is 2.32. The molecule has 1 aromatic rings. The predicted molar refractivity (Wildman–Crippen MR) is 59.1 cm³/mol. The van der Waals surface area contributed by atoms with E-state index in [1.165, 1.54) is 6.07 Å². The smallest absolute Gasteiger partial charge is 0.360 e. The highest BCUT2D eigenvalue weighted by molar-refractivity contribution is 5.56. The van der Waals surface area contributed by atoms with Crippen molar-refractivity contribution in [2.75, 3.05) is 5.32 Å². The van der Waals surface area contributed by atoms with E-state index in [1.807, 2.05) is 0 Å². The van der Waals surface area contributed by atoms with Crippen LogP contribution in [0.5, 0.6) is 0 Å². The van der Waals surface area contributed by atoms with Crippen molar-refractivity contribution in [3.63, 3.8) is 0 Å². The Hall–Kier alpha value is -2.47. The molecule has 0 saturated carbocycles. The minimum atomic E-state index is -4.43. The van der Waals surface area contributed by atoms with Crippen molar-refractivity contribution in [1.29, 1.82) is 10.5 Å². The van der Waals surface area contributed by atoms with Crippen LogP contribution in [0.4, 0.5) is 18.9 Å². The molecule has 6 heteroatoms. The van der Waals surface area contributed by atoms with Gasteiger partial charge in [-0.25, -0.2) is 0 Å². The van der Waals surface area contributed by atoms with Crippen LogP contribution in [0.15, 0.2) is 30.0 Å². The minimum Gasteiger partial charge on any atom is -0.360 e. The first-order valence-corrected chi connectivity index (χ1v) is 4.83. The Morgan fingerprint density at radius 3 is 2.39 bits per heavy atom. The van der Waals surface area contributed by atoms with Gasteiger partial charge in [0.2, 0.25) is 0 Å². The van der Waals surface area contributed by atoms with E-state index >= 15 is 0 Å².